The molecule has 0 amide bonds. The van der Waals surface area contributed by atoms with Gasteiger partial charge in [0, 0.05) is 10.6 Å². The number of nitriles is 1. The largest absolute Gasteiger partial charge is 0.496 e. The molecule has 18 heavy (non-hydrogen) atoms. The number of rotatable bonds is 3. The maximum absolute atomic E-state index is 9.10. The molecule has 0 radical (unpaired) electrons. The fraction of sp³-hybridized carbons (Fsp3) is 0.0714. The molecule has 2 N–H and O–H groups in total. The quantitative estimate of drug-likeness (QED) is 0.856. The Morgan fingerprint density at radius 3 is 2.67 bits per heavy atom. The standard InChI is InChI=1S/C14H12N2OS/c1-17-12-4-2-3-5-14(12)18-13-7-6-11(16)8-10(13)9-15/h2-8H,16H2,1H3. The smallest absolute Gasteiger partial charge is 0.132 e. The van der Waals surface area contributed by atoms with Crippen molar-refractivity contribution in [1.29, 1.82) is 5.26 Å². The molecule has 0 atom stereocenters. The highest BCUT2D eigenvalue weighted by molar-refractivity contribution is 7.99. The van der Waals surface area contributed by atoms with Gasteiger partial charge in [-0.3, -0.25) is 0 Å². The lowest BCUT2D eigenvalue weighted by Crippen LogP contribution is -1.89. The van der Waals surface area contributed by atoms with Gasteiger partial charge in [0.05, 0.1) is 17.6 Å². The average Bonchev–Trinajstić information content (AvgIpc) is 2.41. The highest BCUT2D eigenvalue weighted by Gasteiger charge is 2.08. The van der Waals surface area contributed by atoms with Gasteiger partial charge in [-0.1, -0.05) is 23.9 Å². The van der Waals surface area contributed by atoms with Crippen molar-refractivity contribution < 1.29 is 4.74 Å². The Morgan fingerprint density at radius 1 is 1.17 bits per heavy atom. The third kappa shape index (κ3) is 2.58. The molecule has 0 aliphatic heterocycles. The van der Waals surface area contributed by atoms with E-state index in [1.165, 1.54) is 11.8 Å². The summed E-state index contributed by atoms with van der Waals surface area (Å²) < 4.78 is 5.29. The zero-order valence-electron chi connectivity index (χ0n) is 9.88. The first-order chi connectivity index (χ1) is 8.74. The molecule has 0 aliphatic rings. The van der Waals surface area contributed by atoms with Crippen LogP contribution in [0.4, 0.5) is 5.69 Å². The van der Waals surface area contributed by atoms with Crippen LogP contribution < -0.4 is 10.5 Å². The summed E-state index contributed by atoms with van der Waals surface area (Å²) in [5.74, 6) is 0.795. The van der Waals surface area contributed by atoms with Crippen molar-refractivity contribution in [3.05, 3.63) is 48.0 Å². The number of anilines is 1. The molecule has 0 unspecified atom stereocenters. The van der Waals surface area contributed by atoms with Crippen LogP contribution in [0.5, 0.6) is 5.75 Å². The molecule has 4 heteroatoms. The first-order valence-electron chi connectivity index (χ1n) is 5.35. The Kier molecular flexibility index (Phi) is 3.75. The number of nitrogens with zero attached hydrogens (tertiary/aromatic N) is 1. The minimum atomic E-state index is 0.575. The summed E-state index contributed by atoms with van der Waals surface area (Å²) in [6, 6.07) is 15.2. The van der Waals surface area contributed by atoms with Crippen molar-refractivity contribution in [2.24, 2.45) is 0 Å². The Labute approximate surface area is 110 Å². The number of methoxy groups -OCH3 is 1. The van der Waals surface area contributed by atoms with Gasteiger partial charge in [0.2, 0.25) is 0 Å². The fourth-order valence-electron chi connectivity index (χ4n) is 1.55. The van der Waals surface area contributed by atoms with E-state index in [0.717, 1.165) is 15.5 Å². The van der Waals surface area contributed by atoms with E-state index in [1.807, 2.05) is 30.3 Å². The van der Waals surface area contributed by atoms with Crippen LogP contribution in [0.25, 0.3) is 0 Å². The van der Waals surface area contributed by atoms with E-state index in [4.69, 9.17) is 15.7 Å². The molecule has 2 aromatic carbocycles. The van der Waals surface area contributed by atoms with Crippen molar-refractivity contribution in [2.75, 3.05) is 12.8 Å². The number of ether oxygens (including phenoxy) is 1. The van der Waals surface area contributed by atoms with Gasteiger partial charge in [-0.25, -0.2) is 0 Å². The summed E-state index contributed by atoms with van der Waals surface area (Å²) in [7, 11) is 1.63. The van der Waals surface area contributed by atoms with Gasteiger partial charge in [-0.2, -0.15) is 5.26 Å². The van der Waals surface area contributed by atoms with Crippen LogP contribution in [0.3, 0.4) is 0 Å². The number of benzene rings is 2. The Balaban J connectivity index is 2.37. The van der Waals surface area contributed by atoms with Crippen molar-refractivity contribution >= 4 is 17.4 Å². The lowest BCUT2D eigenvalue weighted by Gasteiger charge is -2.08. The van der Waals surface area contributed by atoms with Crippen LogP contribution in [0.1, 0.15) is 5.56 Å². The molecule has 90 valence electrons. The maximum Gasteiger partial charge on any atom is 0.132 e. The monoisotopic (exact) mass is 256 g/mol. The number of para-hydroxylation sites is 1. The van der Waals surface area contributed by atoms with Crippen LogP contribution in [0.15, 0.2) is 52.3 Å². The van der Waals surface area contributed by atoms with Crippen LogP contribution in [-0.2, 0) is 0 Å². The lowest BCUT2D eigenvalue weighted by molar-refractivity contribution is 0.405. The van der Waals surface area contributed by atoms with Gasteiger partial charge >= 0.3 is 0 Å². The molecule has 0 bridgehead atoms. The second-order valence-electron chi connectivity index (χ2n) is 3.62. The predicted molar refractivity (Wildman–Crippen MR) is 72.7 cm³/mol. The third-order valence-corrected chi connectivity index (χ3v) is 3.55. The normalized spacial score (nSPS) is 9.78. The van der Waals surface area contributed by atoms with E-state index in [-0.39, 0.29) is 0 Å². The minimum Gasteiger partial charge on any atom is -0.496 e. The molecular weight excluding hydrogens is 244 g/mol. The fourth-order valence-corrected chi connectivity index (χ4v) is 2.53. The summed E-state index contributed by atoms with van der Waals surface area (Å²) in [6.45, 7) is 0. The molecule has 0 fully saturated rings. The van der Waals surface area contributed by atoms with Crippen LogP contribution in [0, 0.1) is 11.3 Å². The summed E-state index contributed by atoms with van der Waals surface area (Å²) in [5.41, 5.74) is 6.84. The molecule has 0 spiro atoms. The highest BCUT2D eigenvalue weighted by atomic mass is 32.2. The molecule has 2 rings (SSSR count). The second kappa shape index (κ2) is 5.48. The molecule has 0 saturated heterocycles. The lowest BCUT2D eigenvalue weighted by atomic mass is 10.2. The Hall–Kier alpha value is -2.12. The number of nitrogens with two attached hydrogens (primary N) is 1. The third-order valence-electron chi connectivity index (χ3n) is 2.41. The summed E-state index contributed by atoms with van der Waals surface area (Å²) in [6.07, 6.45) is 0. The molecular formula is C14H12N2OS. The zero-order chi connectivity index (χ0) is 13.0. The number of nitrogen functional groups attached to an aromatic ring is 1. The molecule has 0 saturated carbocycles. The average molecular weight is 256 g/mol. The van der Waals surface area contributed by atoms with E-state index in [0.29, 0.717) is 11.3 Å². The van der Waals surface area contributed by atoms with E-state index in [1.54, 1.807) is 19.2 Å². The minimum absolute atomic E-state index is 0.575. The summed E-state index contributed by atoms with van der Waals surface area (Å²) >= 11 is 1.50. The van der Waals surface area contributed by atoms with Gasteiger partial charge in [-0.05, 0) is 30.3 Å². The van der Waals surface area contributed by atoms with Gasteiger partial charge in [0.15, 0.2) is 0 Å². The van der Waals surface area contributed by atoms with E-state index < -0.39 is 0 Å². The van der Waals surface area contributed by atoms with Crippen molar-refractivity contribution in [3.8, 4) is 11.8 Å². The topological polar surface area (TPSA) is 59.0 Å². The maximum atomic E-state index is 9.10. The van der Waals surface area contributed by atoms with E-state index >= 15 is 0 Å². The van der Waals surface area contributed by atoms with Gasteiger partial charge in [0.1, 0.15) is 11.8 Å². The number of hydrogen-bond donors (Lipinski definition) is 1. The SMILES string of the molecule is COc1ccccc1Sc1ccc(N)cc1C#N. The van der Waals surface area contributed by atoms with Gasteiger partial charge in [0.25, 0.3) is 0 Å². The van der Waals surface area contributed by atoms with E-state index in [9.17, 15) is 0 Å². The molecule has 0 aliphatic carbocycles. The van der Waals surface area contributed by atoms with Crippen molar-refractivity contribution in [3.63, 3.8) is 0 Å². The molecule has 0 aromatic heterocycles. The number of hydrogen-bond acceptors (Lipinski definition) is 4. The second-order valence-corrected chi connectivity index (χ2v) is 4.70. The van der Waals surface area contributed by atoms with Crippen LogP contribution >= 0.6 is 11.8 Å². The Morgan fingerprint density at radius 2 is 1.94 bits per heavy atom. The predicted octanol–water partition coefficient (Wildman–Crippen LogP) is 3.30. The summed E-state index contributed by atoms with van der Waals surface area (Å²) in [4.78, 5) is 1.84. The van der Waals surface area contributed by atoms with Crippen molar-refractivity contribution in [2.45, 2.75) is 9.79 Å². The first kappa shape index (κ1) is 12.3. The highest BCUT2D eigenvalue weighted by Crippen LogP contribution is 2.36. The van der Waals surface area contributed by atoms with Crippen molar-refractivity contribution in [1.82, 2.24) is 0 Å². The molecule has 3 nitrogen and oxygen atoms in total. The first-order valence-corrected chi connectivity index (χ1v) is 6.16. The zero-order valence-corrected chi connectivity index (χ0v) is 10.7. The molecule has 0 heterocycles. The van der Waals surface area contributed by atoms with Crippen LogP contribution in [-0.4, -0.2) is 7.11 Å². The van der Waals surface area contributed by atoms with Gasteiger partial charge in [-0.15, -0.1) is 0 Å². The van der Waals surface area contributed by atoms with Crippen LogP contribution in [0.2, 0.25) is 0 Å². The Bertz CT molecular complexity index is 605. The summed E-state index contributed by atoms with van der Waals surface area (Å²) in [5, 5.41) is 9.10. The molecule has 2 aromatic rings. The van der Waals surface area contributed by atoms with Gasteiger partial charge < -0.3 is 10.5 Å². The van der Waals surface area contributed by atoms with E-state index in [2.05, 4.69) is 6.07 Å².